The van der Waals surface area contributed by atoms with Crippen molar-refractivity contribution in [1.82, 2.24) is 15.0 Å². The summed E-state index contributed by atoms with van der Waals surface area (Å²) in [7, 11) is 0. The van der Waals surface area contributed by atoms with Gasteiger partial charge in [0.25, 0.3) is 0 Å². The summed E-state index contributed by atoms with van der Waals surface area (Å²) in [5.74, 6) is 1.95. The molecule has 8 nitrogen and oxygen atoms in total. The van der Waals surface area contributed by atoms with Crippen molar-refractivity contribution in [2.24, 2.45) is 0 Å². The molecule has 0 spiro atoms. The van der Waals surface area contributed by atoms with Crippen LogP contribution in [0.1, 0.15) is 18.2 Å². The Bertz CT molecular complexity index is 814. The lowest BCUT2D eigenvalue weighted by Gasteiger charge is -2.37. The Morgan fingerprint density at radius 1 is 1.19 bits per heavy atom. The third-order valence-electron chi connectivity index (χ3n) is 5.05. The van der Waals surface area contributed by atoms with Gasteiger partial charge in [-0.1, -0.05) is 11.2 Å². The fourth-order valence-corrected chi connectivity index (χ4v) is 3.42. The van der Waals surface area contributed by atoms with E-state index >= 15 is 0 Å². The molecule has 1 atom stereocenters. The average Bonchev–Trinajstić information content (AvgIpc) is 3.30. The van der Waals surface area contributed by atoms with E-state index in [1.165, 1.54) is 5.56 Å². The van der Waals surface area contributed by atoms with Crippen LogP contribution in [0.2, 0.25) is 0 Å². The monoisotopic (exact) mass is 372 g/mol. The molecule has 0 bridgehead atoms. The van der Waals surface area contributed by atoms with Crippen molar-refractivity contribution in [2.75, 3.05) is 38.3 Å². The molecule has 27 heavy (non-hydrogen) atoms. The lowest BCUT2D eigenvalue weighted by Crippen LogP contribution is -2.52. The number of anilines is 1. The largest absolute Gasteiger partial charge is 0.454 e. The highest BCUT2D eigenvalue weighted by atomic mass is 16.7. The molecule has 2 aliphatic heterocycles. The van der Waals surface area contributed by atoms with Crippen molar-refractivity contribution < 1.29 is 18.8 Å². The van der Waals surface area contributed by atoms with Gasteiger partial charge >= 0.3 is 0 Å². The summed E-state index contributed by atoms with van der Waals surface area (Å²) < 4.78 is 15.9. The van der Waals surface area contributed by atoms with Crippen molar-refractivity contribution in [3.05, 3.63) is 35.5 Å². The zero-order valence-electron chi connectivity index (χ0n) is 15.6. The summed E-state index contributed by atoms with van der Waals surface area (Å²) >= 11 is 0. The number of aromatic nitrogens is 1. The minimum atomic E-state index is -0.219. The van der Waals surface area contributed by atoms with Gasteiger partial charge in [-0.05, 0) is 31.5 Å². The molecule has 1 fully saturated rings. The molecule has 8 heteroatoms. The van der Waals surface area contributed by atoms with Crippen LogP contribution in [0.5, 0.6) is 11.5 Å². The number of hydrogen-bond acceptors (Lipinski definition) is 7. The second kappa shape index (κ2) is 7.58. The molecule has 3 heterocycles. The summed E-state index contributed by atoms with van der Waals surface area (Å²) in [6, 6.07) is 7.59. The molecule has 1 saturated heterocycles. The molecule has 144 valence electrons. The molecule has 1 N–H and O–H groups in total. The maximum Gasteiger partial charge on any atom is 0.243 e. The van der Waals surface area contributed by atoms with E-state index in [0.717, 1.165) is 49.9 Å². The molecule has 1 aromatic heterocycles. The smallest absolute Gasteiger partial charge is 0.243 e. The molecule has 2 aliphatic rings. The minimum absolute atomic E-state index is 0.0737. The highest BCUT2D eigenvalue weighted by Gasteiger charge is 2.26. The molecule has 0 saturated carbocycles. The van der Waals surface area contributed by atoms with Crippen LogP contribution in [0.3, 0.4) is 0 Å². The Balaban J connectivity index is 1.27. The van der Waals surface area contributed by atoms with Crippen molar-refractivity contribution in [3.63, 3.8) is 0 Å². The lowest BCUT2D eigenvalue weighted by molar-refractivity contribution is -0.121. The van der Waals surface area contributed by atoms with Crippen LogP contribution < -0.4 is 14.8 Å². The first-order valence-electron chi connectivity index (χ1n) is 9.17. The van der Waals surface area contributed by atoms with Gasteiger partial charge in [0, 0.05) is 38.8 Å². The summed E-state index contributed by atoms with van der Waals surface area (Å²) in [6.07, 6.45) is 0. The number of ether oxygens (including phenoxy) is 2. The number of carbonyl (C=O) groups excluding carboxylic acids is 1. The Morgan fingerprint density at radius 2 is 1.96 bits per heavy atom. The molecule has 1 aromatic carbocycles. The average molecular weight is 372 g/mol. The highest BCUT2D eigenvalue weighted by Crippen LogP contribution is 2.32. The van der Waals surface area contributed by atoms with Crippen molar-refractivity contribution in [3.8, 4) is 11.5 Å². The first kappa shape index (κ1) is 17.8. The van der Waals surface area contributed by atoms with Crippen LogP contribution in [-0.2, 0) is 11.3 Å². The summed E-state index contributed by atoms with van der Waals surface area (Å²) in [6.45, 7) is 8.41. The number of fused-ring (bicyclic) bond motifs is 1. The van der Waals surface area contributed by atoms with E-state index in [0.29, 0.717) is 12.7 Å². The summed E-state index contributed by atoms with van der Waals surface area (Å²) in [5, 5.41) is 6.57. The molecule has 0 unspecified atom stereocenters. The SMILES string of the molecule is Cc1cc(NC(=O)[C@H](C)N2CCN(Cc3ccc4c(c3)OCO4)CC2)on1. The van der Waals surface area contributed by atoms with Gasteiger partial charge in [-0.15, -0.1) is 0 Å². The van der Waals surface area contributed by atoms with E-state index in [4.69, 9.17) is 14.0 Å². The number of nitrogens with one attached hydrogen (secondary N) is 1. The maximum atomic E-state index is 12.4. The fourth-order valence-electron chi connectivity index (χ4n) is 3.42. The van der Waals surface area contributed by atoms with Gasteiger partial charge in [0.05, 0.1) is 11.7 Å². The summed E-state index contributed by atoms with van der Waals surface area (Å²) in [4.78, 5) is 17.0. The van der Waals surface area contributed by atoms with Crippen LogP contribution >= 0.6 is 0 Å². The van der Waals surface area contributed by atoms with Crippen LogP contribution in [0, 0.1) is 6.92 Å². The first-order chi connectivity index (χ1) is 13.1. The zero-order valence-corrected chi connectivity index (χ0v) is 15.6. The Kier molecular flexibility index (Phi) is 5.00. The maximum absolute atomic E-state index is 12.4. The van der Waals surface area contributed by atoms with Crippen LogP contribution in [0.25, 0.3) is 0 Å². The number of carbonyl (C=O) groups is 1. The molecule has 1 amide bonds. The molecular weight excluding hydrogens is 348 g/mol. The summed E-state index contributed by atoms with van der Waals surface area (Å²) in [5.41, 5.74) is 1.95. The zero-order chi connectivity index (χ0) is 18.8. The number of amides is 1. The van der Waals surface area contributed by atoms with Gasteiger partial charge in [0.2, 0.25) is 18.6 Å². The Labute approximate surface area is 158 Å². The third kappa shape index (κ3) is 4.06. The third-order valence-corrected chi connectivity index (χ3v) is 5.05. The first-order valence-corrected chi connectivity index (χ1v) is 9.17. The van der Waals surface area contributed by atoms with E-state index in [1.807, 2.05) is 26.0 Å². The molecule has 4 rings (SSSR count). The number of hydrogen-bond donors (Lipinski definition) is 1. The standard InChI is InChI=1S/C19H24N4O4/c1-13-9-18(27-21-13)20-19(24)14(2)23-7-5-22(6-8-23)11-15-3-4-16-17(10-15)26-12-25-16/h3-4,9-10,14H,5-8,11-12H2,1-2H3,(H,20,24)/t14-/m0/s1. The van der Waals surface area contributed by atoms with E-state index in [-0.39, 0.29) is 11.9 Å². The molecular formula is C19H24N4O4. The number of benzene rings is 1. The fraction of sp³-hybridized carbons (Fsp3) is 0.474. The second-order valence-electron chi connectivity index (χ2n) is 7.00. The van der Waals surface area contributed by atoms with E-state index in [9.17, 15) is 4.79 Å². The topological polar surface area (TPSA) is 80.1 Å². The van der Waals surface area contributed by atoms with E-state index < -0.39 is 0 Å². The van der Waals surface area contributed by atoms with Crippen LogP contribution in [0.4, 0.5) is 5.88 Å². The van der Waals surface area contributed by atoms with Crippen LogP contribution in [0.15, 0.2) is 28.8 Å². The van der Waals surface area contributed by atoms with Crippen molar-refractivity contribution in [1.29, 1.82) is 0 Å². The van der Waals surface area contributed by atoms with Gasteiger partial charge in [0.15, 0.2) is 11.5 Å². The van der Waals surface area contributed by atoms with Gasteiger partial charge in [-0.25, -0.2) is 0 Å². The van der Waals surface area contributed by atoms with Crippen molar-refractivity contribution in [2.45, 2.75) is 26.4 Å². The minimum Gasteiger partial charge on any atom is -0.454 e. The predicted octanol–water partition coefficient (Wildman–Crippen LogP) is 1.86. The van der Waals surface area contributed by atoms with Crippen LogP contribution in [-0.4, -0.2) is 59.9 Å². The molecule has 0 aliphatic carbocycles. The normalized spacial score (nSPS) is 18.4. The van der Waals surface area contributed by atoms with E-state index in [1.54, 1.807) is 6.07 Å². The van der Waals surface area contributed by atoms with Gasteiger partial charge in [0.1, 0.15) is 0 Å². The van der Waals surface area contributed by atoms with Gasteiger partial charge in [-0.2, -0.15) is 0 Å². The number of rotatable bonds is 5. The molecule has 0 radical (unpaired) electrons. The molecule has 2 aromatic rings. The number of aryl methyl sites for hydroxylation is 1. The highest BCUT2D eigenvalue weighted by molar-refractivity contribution is 5.93. The van der Waals surface area contributed by atoms with Crippen molar-refractivity contribution >= 4 is 11.8 Å². The Hall–Kier alpha value is -2.58. The predicted molar refractivity (Wildman–Crippen MR) is 98.7 cm³/mol. The Morgan fingerprint density at radius 3 is 2.70 bits per heavy atom. The van der Waals surface area contributed by atoms with Gasteiger partial charge < -0.3 is 14.0 Å². The van der Waals surface area contributed by atoms with Gasteiger partial charge in [-0.3, -0.25) is 19.9 Å². The lowest BCUT2D eigenvalue weighted by atomic mass is 10.1. The quantitative estimate of drug-likeness (QED) is 0.858. The number of nitrogens with zero attached hydrogens (tertiary/aromatic N) is 3. The second-order valence-corrected chi connectivity index (χ2v) is 7.00. The number of piperazine rings is 1. The van der Waals surface area contributed by atoms with E-state index in [2.05, 4.69) is 26.3 Å².